The molecule has 1 rings (SSSR count). The molecule has 0 bridgehead atoms. The van der Waals surface area contributed by atoms with Crippen LogP contribution in [0.4, 0.5) is 0 Å². The van der Waals surface area contributed by atoms with Crippen molar-refractivity contribution in [3.63, 3.8) is 0 Å². The SMILES string of the molecule is CN(C)C(C)(C)C(=O)N1CCC[C@H]1C(=O)O. The first-order valence-electron chi connectivity index (χ1n) is 5.49. The maximum Gasteiger partial charge on any atom is 0.326 e. The Labute approximate surface area is 96.0 Å². The van der Waals surface area contributed by atoms with Crippen LogP contribution in [0, 0.1) is 0 Å². The summed E-state index contributed by atoms with van der Waals surface area (Å²) < 4.78 is 0. The number of nitrogens with zero attached hydrogens (tertiary/aromatic N) is 2. The van der Waals surface area contributed by atoms with Gasteiger partial charge in [-0.3, -0.25) is 9.69 Å². The smallest absolute Gasteiger partial charge is 0.326 e. The zero-order valence-corrected chi connectivity index (χ0v) is 10.4. The van der Waals surface area contributed by atoms with Crippen molar-refractivity contribution in [2.75, 3.05) is 20.6 Å². The van der Waals surface area contributed by atoms with Crippen molar-refractivity contribution in [1.29, 1.82) is 0 Å². The Morgan fingerprint density at radius 3 is 2.38 bits per heavy atom. The second-order valence-corrected chi connectivity index (χ2v) is 4.95. The molecule has 1 heterocycles. The van der Waals surface area contributed by atoms with E-state index in [1.54, 1.807) is 0 Å². The highest BCUT2D eigenvalue weighted by molar-refractivity contribution is 5.90. The number of likely N-dealkylation sites (N-methyl/N-ethyl adjacent to an activating group) is 1. The van der Waals surface area contributed by atoms with E-state index in [2.05, 4.69) is 0 Å². The van der Waals surface area contributed by atoms with E-state index in [9.17, 15) is 9.59 Å². The number of carboxylic acids is 1. The molecule has 1 N–H and O–H groups in total. The standard InChI is InChI=1S/C11H20N2O3/c1-11(2,12(3)4)10(16)13-7-5-6-8(13)9(14)15/h8H,5-7H2,1-4H3,(H,14,15)/t8-/m0/s1. The average Bonchev–Trinajstić information content (AvgIpc) is 2.64. The Kier molecular flexibility index (Phi) is 3.57. The number of rotatable bonds is 3. The molecule has 92 valence electrons. The largest absolute Gasteiger partial charge is 0.480 e. The van der Waals surface area contributed by atoms with Gasteiger partial charge in [0.1, 0.15) is 6.04 Å². The predicted molar refractivity (Wildman–Crippen MR) is 60.1 cm³/mol. The molecule has 1 saturated heterocycles. The van der Waals surface area contributed by atoms with Crippen LogP contribution in [0.1, 0.15) is 26.7 Å². The number of hydrogen-bond donors (Lipinski definition) is 1. The van der Waals surface area contributed by atoms with Gasteiger partial charge in [0.15, 0.2) is 0 Å². The van der Waals surface area contributed by atoms with Gasteiger partial charge in [-0.1, -0.05) is 0 Å². The van der Waals surface area contributed by atoms with E-state index in [0.717, 1.165) is 6.42 Å². The third-order valence-corrected chi connectivity index (χ3v) is 3.44. The summed E-state index contributed by atoms with van der Waals surface area (Å²) >= 11 is 0. The molecule has 0 radical (unpaired) electrons. The zero-order valence-electron chi connectivity index (χ0n) is 10.4. The summed E-state index contributed by atoms with van der Waals surface area (Å²) in [6.07, 6.45) is 1.33. The molecule has 1 atom stereocenters. The second-order valence-electron chi connectivity index (χ2n) is 4.95. The molecule has 0 saturated carbocycles. The van der Waals surface area contributed by atoms with Crippen LogP contribution < -0.4 is 0 Å². The van der Waals surface area contributed by atoms with Gasteiger partial charge in [0, 0.05) is 6.54 Å². The fraction of sp³-hybridized carbons (Fsp3) is 0.818. The third kappa shape index (κ3) is 2.19. The highest BCUT2D eigenvalue weighted by atomic mass is 16.4. The number of aliphatic carboxylic acids is 1. The minimum atomic E-state index is -0.902. The first-order chi connectivity index (χ1) is 7.28. The molecule has 0 aromatic carbocycles. The number of amides is 1. The van der Waals surface area contributed by atoms with E-state index in [1.807, 2.05) is 32.8 Å². The Hall–Kier alpha value is -1.10. The van der Waals surface area contributed by atoms with Crippen molar-refractivity contribution in [3.8, 4) is 0 Å². The lowest BCUT2D eigenvalue weighted by molar-refractivity contribution is -0.152. The maximum absolute atomic E-state index is 12.2. The molecule has 1 fully saturated rings. The lowest BCUT2D eigenvalue weighted by Crippen LogP contribution is -2.55. The van der Waals surface area contributed by atoms with Gasteiger partial charge in [0.2, 0.25) is 5.91 Å². The summed E-state index contributed by atoms with van der Waals surface area (Å²) in [4.78, 5) is 26.6. The van der Waals surface area contributed by atoms with Crippen LogP contribution >= 0.6 is 0 Å². The van der Waals surface area contributed by atoms with Gasteiger partial charge in [0.25, 0.3) is 0 Å². The molecular formula is C11H20N2O3. The number of carboxylic acid groups (broad SMARTS) is 1. The predicted octanol–water partition coefficient (Wildman–Crippen LogP) is 0.402. The van der Waals surface area contributed by atoms with E-state index in [-0.39, 0.29) is 5.91 Å². The van der Waals surface area contributed by atoms with Gasteiger partial charge in [-0.25, -0.2) is 4.79 Å². The van der Waals surface area contributed by atoms with Crippen molar-refractivity contribution in [3.05, 3.63) is 0 Å². The van der Waals surface area contributed by atoms with Crippen molar-refractivity contribution < 1.29 is 14.7 Å². The first kappa shape index (κ1) is 13.0. The maximum atomic E-state index is 12.2. The Balaban J connectivity index is 2.85. The van der Waals surface area contributed by atoms with Crippen LogP contribution in [0.15, 0.2) is 0 Å². The first-order valence-corrected chi connectivity index (χ1v) is 5.49. The van der Waals surface area contributed by atoms with Crippen LogP contribution in [-0.2, 0) is 9.59 Å². The molecule has 5 heteroatoms. The molecule has 1 aliphatic heterocycles. The van der Waals surface area contributed by atoms with Gasteiger partial charge in [-0.05, 0) is 40.8 Å². The molecule has 0 aromatic heterocycles. The molecular weight excluding hydrogens is 208 g/mol. The molecule has 1 amide bonds. The van der Waals surface area contributed by atoms with Gasteiger partial charge in [0.05, 0.1) is 5.54 Å². The van der Waals surface area contributed by atoms with Gasteiger partial charge in [-0.15, -0.1) is 0 Å². The Morgan fingerprint density at radius 1 is 1.38 bits per heavy atom. The van der Waals surface area contributed by atoms with Crippen molar-refractivity contribution in [2.45, 2.75) is 38.3 Å². The Bertz CT molecular complexity index is 300. The van der Waals surface area contributed by atoms with Crippen molar-refractivity contribution in [2.24, 2.45) is 0 Å². The van der Waals surface area contributed by atoms with Gasteiger partial charge in [-0.2, -0.15) is 0 Å². The Morgan fingerprint density at radius 2 is 1.94 bits per heavy atom. The summed E-state index contributed by atoms with van der Waals surface area (Å²) in [6, 6.07) is -0.647. The highest BCUT2D eigenvalue weighted by Crippen LogP contribution is 2.23. The van der Waals surface area contributed by atoms with Gasteiger partial charge < -0.3 is 10.0 Å². The number of hydrogen-bond acceptors (Lipinski definition) is 3. The number of carbonyl (C=O) groups is 2. The molecule has 0 aliphatic carbocycles. The summed E-state index contributed by atoms with van der Waals surface area (Å²) in [6.45, 7) is 4.17. The molecule has 5 nitrogen and oxygen atoms in total. The summed E-state index contributed by atoms with van der Waals surface area (Å²) in [7, 11) is 3.65. The van der Waals surface area contributed by atoms with E-state index >= 15 is 0 Å². The van der Waals surface area contributed by atoms with E-state index in [4.69, 9.17) is 5.11 Å². The lowest BCUT2D eigenvalue weighted by atomic mass is 10.0. The zero-order chi connectivity index (χ0) is 12.5. The molecule has 0 aromatic rings. The normalized spacial score (nSPS) is 21.6. The topological polar surface area (TPSA) is 60.9 Å². The fourth-order valence-corrected chi connectivity index (χ4v) is 1.81. The lowest BCUT2D eigenvalue weighted by Gasteiger charge is -2.36. The number of likely N-dealkylation sites (tertiary alicyclic amines) is 1. The molecule has 0 unspecified atom stereocenters. The summed E-state index contributed by atoms with van der Waals surface area (Å²) in [5, 5.41) is 9.03. The van der Waals surface area contributed by atoms with Gasteiger partial charge >= 0.3 is 5.97 Å². The monoisotopic (exact) mass is 228 g/mol. The number of carbonyl (C=O) groups excluding carboxylic acids is 1. The second kappa shape index (κ2) is 4.41. The van der Waals surface area contributed by atoms with Crippen molar-refractivity contribution >= 4 is 11.9 Å². The van der Waals surface area contributed by atoms with Crippen LogP contribution in [0.25, 0.3) is 0 Å². The van der Waals surface area contributed by atoms with E-state index in [1.165, 1.54) is 4.90 Å². The van der Waals surface area contributed by atoms with Crippen molar-refractivity contribution in [1.82, 2.24) is 9.80 Å². The molecule has 1 aliphatic rings. The molecule has 0 spiro atoms. The van der Waals surface area contributed by atoms with Crippen LogP contribution in [0.5, 0.6) is 0 Å². The van der Waals surface area contributed by atoms with E-state index in [0.29, 0.717) is 13.0 Å². The van der Waals surface area contributed by atoms with E-state index < -0.39 is 17.6 Å². The fourth-order valence-electron chi connectivity index (χ4n) is 1.81. The minimum Gasteiger partial charge on any atom is -0.480 e. The average molecular weight is 228 g/mol. The van der Waals surface area contributed by atoms with Crippen LogP contribution in [0.2, 0.25) is 0 Å². The van der Waals surface area contributed by atoms with Crippen LogP contribution in [-0.4, -0.2) is 59.0 Å². The third-order valence-electron chi connectivity index (χ3n) is 3.44. The summed E-state index contributed by atoms with van der Waals surface area (Å²) in [5.41, 5.74) is -0.655. The quantitative estimate of drug-likeness (QED) is 0.759. The minimum absolute atomic E-state index is 0.109. The van der Waals surface area contributed by atoms with Crippen LogP contribution in [0.3, 0.4) is 0 Å². The molecule has 16 heavy (non-hydrogen) atoms. The summed E-state index contributed by atoms with van der Waals surface area (Å²) in [5.74, 6) is -1.01. The highest BCUT2D eigenvalue weighted by Gasteiger charge is 2.41.